The van der Waals surface area contributed by atoms with Crippen LogP contribution in [-0.4, -0.2) is 20.6 Å². The maximum atomic E-state index is 13.2. The second-order valence-electron chi connectivity index (χ2n) is 8.10. The fourth-order valence-electron chi connectivity index (χ4n) is 4.17. The van der Waals surface area contributed by atoms with Crippen molar-refractivity contribution in [3.8, 4) is 16.5 Å². The summed E-state index contributed by atoms with van der Waals surface area (Å²) in [5.74, 6) is -0.439. The number of hydrogen-bond donors (Lipinski definition) is 1. The lowest BCUT2D eigenvalue weighted by molar-refractivity contribution is 0.0996. The highest BCUT2D eigenvalue weighted by Crippen LogP contribution is 2.39. The number of pyridine rings is 1. The molecule has 0 unspecified atom stereocenters. The van der Waals surface area contributed by atoms with Gasteiger partial charge < -0.3 is 9.67 Å². The Morgan fingerprint density at radius 3 is 2.62 bits per heavy atom. The van der Waals surface area contributed by atoms with Crippen LogP contribution >= 0.6 is 11.3 Å². The third-order valence-corrected chi connectivity index (χ3v) is 6.76. The average Bonchev–Trinajstić information content (AvgIpc) is 3.49. The van der Waals surface area contributed by atoms with Crippen LogP contribution in [0.1, 0.15) is 36.5 Å². The molecule has 5 rings (SSSR count). The number of nitrogens with zero attached hydrogens (tertiary/aromatic N) is 4. The maximum absolute atomic E-state index is 13.2. The van der Waals surface area contributed by atoms with Crippen molar-refractivity contribution in [2.75, 3.05) is 0 Å². The molecule has 0 spiro atoms. The first kappa shape index (κ1) is 22.0. The lowest BCUT2D eigenvalue weighted by Crippen LogP contribution is -1.98. The van der Waals surface area contributed by atoms with Gasteiger partial charge >= 0.3 is 0 Å². The number of carbonyl (C=O) groups excluding carboxylic acids is 1. The summed E-state index contributed by atoms with van der Waals surface area (Å²) >= 11 is 1.57. The molecule has 2 aromatic carbocycles. The fraction of sp³-hybridized carbons (Fsp3) is 0.185. The molecule has 3 heterocycles. The van der Waals surface area contributed by atoms with E-state index in [0.29, 0.717) is 17.8 Å². The Morgan fingerprint density at radius 2 is 1.82 bits per heavy atom. The summed E-state index contributed by atoms with van der Waals surface area (Å²) in [7, 11) is 0. The monoisotopic (exact) mass is 468 g/mol. The van der Waals surface area contributed by atoms with E-state index in [2.05, 4.69) is 17.2 Å². The zero-order chi connectivity index (χ0) is 23.5. The zero-order valence-corrected chi connectivity index (χ0v) is 19.6. The van der Waals surface area contributed by atoms with Crippen molar-refractivity contribution in [3.63, 3.8) is 0 Å². The standard InChI is InChI=1S/C27H24N4O2S/c1-2-3-8-15-31-23-13-7-5-11-19(23)25(27(31)33)29-30-26(32)20-17-22(24-14-9-16-34-24)28-21-12-6-4-10-18(20)21/h4-7,9-14,16-17,33H,2-3,8,15H2,1H3. The van der Waals surface area contributed by atoms with Crippen LogP contribution in [0, 0.1) is 0 Å². The number of aryl methyl sites for hydroxylation is 1. The molecule has 0 aliphatic rings. The van der Waals surface area contributed by atoms with Crippen LogP contribution in [0.15, 0.2) is 82.3 Å². The van der Waals surface area contributed by atoms with Crippen molar-refractivity contribution in [1.82, 2.24) is 9.55 Å². The van der Waals surface area contributed by atoms with Gasteiger partial charge in [0.2, 0.25) is 5.88 Å². The van der Waals surface area contributed by atoms with Crippen LogP contribution in [0.2, 0.25) is 0 Å². The van der Waals surface area contributed by atoms with E-state index >= 15 is 0 Å². The number of aromatic nitrogens is 2. The molecule has 0 saturated carbocycles. The molecule has 1 N–H and O–H groups in total. The summed E-state index contributed by atoms with van der Waals surface area (Å²) < 4.78 is 1.85. The van der Waals surface area contributed by atoms with Gasteiger partial charge in [0.05, 0.1) is 27.2 Å². The van der Waals surface area contributed by atoms with E-state index in [9.17, 15) is 9.90 Å². The molecule has 0 saturated heterocycles. The summed E-state index contributed by atoms with van der Waals surface area (Å²) in [5.41, 5.74) is 3.08. The molecule has 7 heteroatoms. The van der Waals surface area contributed by atoms with Gasteiger partial charge in [0.1, 0.15) is 0 Å². The lowest BCUT2D eigenvalue weighted by atomic mass is 10.1. The number of para-hydroxylation sites is 2. The van der Waals surface area contributed by atoms with Crippen molar-refractivity contribution >= 4 is 44.7 Å². The molecule has 0 atom stereocenters. The molecule has 6 nitrogen and oxygen atoms in total. The van der Waals surface area contributed by atoms with Gasteiger partial charge in [-0.1, -0.05) is 62.2 Å². The highest BCUT2D eigenvalue weighted by atomic mass is 32.1. The fourth-order valence-corrected chi connectivity index (χ4v) is 4.85. The summed E-state index contributed by atoms with van der Waals surface area (Å²) in [4.78, 5) is 18.9. The Hall–Kier alpha value is -3.84. The summed E-state index contributed by atoms with van der Waals surface area (Å²) in [6.07, 6.45) is 3.12. The SMILES string of the molecule is CCCCCn1c(O)c(N=NC(=O)c2cc(-c3cccs3)nc3ccccc23)c2ccccc21. The van der Waals surface area contributed by atoms with Crippen LogP contribution in [0.25, 0.3) is 32.4 Å². The van der Waals surface area contributed by atoms with Crippen molar-refractivity contribution in [3.05, 3.63) is 77.7 Å². The predicted octanol–water partition coefficient (Wildman–Crippen LogP) is 7.74. The summed E-state index contributed by atoms with van der Waals surface area (Å²) in [6.45, 7) is 2.83. The Morgan fingerprint density at radius 1 is 1.03 bits per heavy atom. The van der Waals surface area contributed by atoms with Crippen molar-refractivity contribution in [2.24, 2.45) is 10.2 Å². The number of rotatable bonds is 7. The number of amides is 1. The molecule has 34 heavy (non-hydrogen) atoms. The molecule has 3 aromatic heterocycles. The first-order chi connectivity index (χ1) is 16.7. The topological polar surface area (TPSA) is 79.8 Å². The first-order valence-electron chi connectivity index (χ1n) is 11.4. The predicted molar refractivity (Wildman–Crippen MR) is 137 cm³/mol. The normalized spacial score (nSPS) is 11.7. The highest BCUT2D eigenvalue weighted by molar-refractivity contribution is 7.13. The van der Waals surface area contributed by atoms with Crippen LogP contribution in [0.3, 0.4) is 0 Å². The van der Waals surface area contributed by atoms with Crippen LogP contribution < -0.4 is 0 Å². The smallest absolute Gasteiger partial charge is 0.296 e. The number of hydrogen-bond acceptors (Lipinski definition) is 5. The molecule has 0 radical (unpaired) electrons. The Balaban J connectivity index is 1.55. The molecule has 0 bridgehead atoms. The van der Waals surface area contributed by atoms with E-state index in [1.807, 2.05) is 70.6 Å². The van der Waals surface area contributed by atoms with E-state index in [4.69, 9.17) is 4.98 Å². The van der Waals surface area contributed by atoms with Gasteiger partial charge in [-0.3, -0.25) is 4.79 Å². The number of benzene rings is 2. The number of aromatic hydroxyl groups is 1. The van der Waals surface area contributed by atoms with Gasteiger partial charge in [0.15, 0.2) is 5.69 Å². The van der Waals surface area contributed by atoms with Gasteiger partial charge in [-0.15, -0.1) is 21.6 Å². The van der Waals surface area contributed by atoms with Crippen LogP contribution in [0.5, 0.6) is 5.88 Å². The Bertz CT molecular complexity index is 1500. The molecule has 0 fully saturated rings. The van der Waals surface area contributed by atoms with E-state index in [0.717, 1.165) is 51.6 Å². The van der Waals surface area contributed by atoms with Crippen molar-refractivity contribution in [1.29, 1.82) is 0 Å². The average molecular weight is 469 g/mol. The van der Waals surface area contributed by atoms with Crippen LogP contribution in [-0.2, 0) is 6.54 Å². The van der Waals surface area contributed by atoms with Crippen molar-refractivity contribution < 1.29 is 9.90 Å². The minimum absolute atomic E-state index is 0.0349. The second-order valence-corrected chi connectivity index (χ2v) is 9.05. The number of fused-ring (bicyclic) bond motifs is 2. The van der Waals surface area contributed by atoms with E-state index in [1.165, 1.54) is 0 Å². The molecule has 5 aromatic rings. The number of azo groups is 1. The molecule has 1 amide bonds. The summed E-state index contributed by atoms with van der Waals surface area (Å²) in [5, 5.41) is 22.7. The van der Waals surface area contributed by atoms with Gasteiger partial charge in [-0.2, -0.15) is 0 Å². The van der Waals surface area contributed by atoms with Gasteiger partial charge in [0, 0.05) is 17.3 Å². The molecule has 0 aliphatic heterocycles. The number of carbonyl (C=O) groups is 1. The Kier molecular flexibility index (Phi) is 6.18. The van der Waals surface area contributed by atoms with Gasteiger partial charge in [0.25, 0.3) is 5.91 Å². The van der Waals surface area contributed by atoms with E-state index in [1.54, 1.807) is 17.4 Å². The highest BCUT2D eigenvalue weighted by Gasteiger charge is 2.18. The van der Waals surface area contributed by atoms with Gasteiger partial charge in [-0.25, -0.2) is 4.98 Å². The van der Waals surface area contributed by atoms with Gasteiger partial charge in [-0.05, 0) is 36.1 Å². The molecule has 170 valence electrons. The van der Waals surface area contributed by atoms with E-state index < -0.39 is 5.91 Å². The first-order valence-corrected chi connectivity index (χ1v) is 12.2. The minimum Gasteiger partial charge on any atom is -0.493 e. The minimum atomic E-state index is -0.473. The Labute approximate surface area is 201 Å². The molecular formula is C27H24N4O2S. The number of unbranched alkanes of at least 4 members (excludes halogenated alkanes) is 2. The largest absolute Gasteiger partial charge is 0.493 e. The lowest BCUT2D eigenvalue weighted by Gasteiger charge is -2.06. The van der Waals surface area contributed by atoms with Crippen molar-refractivity contribution in [2.45, 2.75) is 32.7 Å². The zero-order valence-electron chi connectivity index (χ0n) is 18.8. The quantitative estimate of drug-likeness (QED) is 0.196. The summed E-state index contributed by atoms with van der Waals surface area (Å²) in [6, 6.07) is 20.9. The van der Waals surface area contributed by atoms with E-state index in [-0.39, 0.29) is 5.88 Å². The van der Waals surface area contributed by atoms with Crippen LogP contribution in [0.4, 0.5) is 5.69 Å². The number of thiophene rings is 1. The third kappa shape index (κ3) is 4.10. The molecule has 0 aliphatic carbocycles. The third-order valence-electron chi connectivity index (χ3n) is 5.86. The maximum Gasteiger partial charge on any atom is 0.296 e. The molecular weight excluding hydrogens is 444 g/mol. The second kappa shape index (κ2) is 9.57.